The van der Waals surface area contributed by atoms with Crippen molar-refractivity contribution in [1.29, 1.82) is 0 Å². The molecule has 1 aliphatic carbocycles. The van der Waals surface area contributed by atoms with E-state index < -0.39 is 6.10 Å². The Morgan fingerprint density at radius 2 is 2.33 bits per heavy atom. The van der Waals surface area contributed by atoms with Crippen molar-refractivity contribution in [3.8, 4) is 11.5 Å². The van der Waals surface area contributed by atoms with Gasteiger partial charge in [0.1, 0.15) is 5.69 Å². The number of rotatable bonds is 4. The van der Waals surface area contributed by atoms with Crippen LogP contribution in [0.25, 0.3) is 11.5 Å². The molecule has 1 saturated carbocycles. The van der Waals surface area contributed by atoms with E-state index in [1.807, 2.05) is 0 Å². The topological polar surface area (TPSA) is 72.0 Å². The Morgan fingerprint density at radius 1 is 1.50 bits per heavy atom. The molecule has 1 N–H and O–H groups in total. The largest absolute Gasteiger partial charge is 0.392 e. The van der Waals surface area contributed by atoms with Gasteiger partial charge < -0.3 is 9.63 Å². The number of hydrogen-bond acceptors (Lipinski definition) is 5. The summed E-state index contributed by atoms with van der Waals surface area (Å²) in [6.07, 6.45) is 3.78. The van der Waals surface area contributed by atoms with Gasteiger partial charge in [0, 0.05) is 6.20 Å². The summed E-state index contributed by atoms with van der Waals surface area (Å²) in [4.78, 5) is 8.32. The van der Waals surface area contributed by atoms with Crippen LogP contribution in [0, 0.1) is 5.92 Å². The summed E-state index contributed by atoms with van der Waals surface area (Å²) in [5, 5.41) is 14.1. The van der Waals surface area contributed by atoms with Crippen molar-refractivity contribution in [3.63, 3.8) is 0 Å². The van der Waals surface area contributed by atoms with E-state index in [1.54, 1.807) is 18.3 Å². The zero-order valence-corrected chi connectivity index (χ0v) is 10.3. The quantitative estimate of drug-likeness (QED) is 0.916. The lowest BCUT2D eigenvalue weighted by atomic mass is 10.2. The number of aromatic nitrogens is 3. The standard InChI is InChI=1S/C12H12ClN3O2/c13-8-2-1-5-14-11(8)12-15-10(18-16-12)6-9(17)7-3-4-7/h1-2,5,7,9,17H,3-4,6H2. The number of hydrogen-bond donors (Lipinski definition) is 1. The molecule has 2 aromatic rings. The molecule has 0 aromatic carbocycles. The van der Waals surface area contributed by atoms with Gasteiger partial charge in [-0.25, -0.2) is 0 Å². The van der Waals surface area contributed by atoms with E-state index in [1.165, 1.54) is 0 Å². The van der Waals surface area contributed by atoms with Gasteiger partial charge in [-0.2, -0.15) is 4.98 Å². The molecule has 0 radical (unpaired) electrons. The van der Waals surface area contributed by atoms with Crippen LogP contribution in [0.2, 0.25) is 5.02 Å². The Bertz CT molecular complexity index is 554. The third-order valence-corrected chi connectivity index (χ3v) is 3.29. The first-order chi connectivity index (χ1) is 8.74. The summed E-state index contributed by atoms with van der Waals surface area (Å²) in [7, 11) is 0. The average molecular weight is 266 g/mol. The van der Waals surface area contributed by atoms with Crippen LogP contribution in [0.5, 0.6) is 0 Å². The van der Waals surface area contributed by atoms with Gasteiger partial charge in [-0.1, -0.05) is 16.8 Å². The molecular formula is C12H12ClN3O2. The third-order valence-electron chi connectivity index (χ3n) is 2.99. The predicted octanol–water partition coefficient (Wildman–Crippen LogP) is 2.10. The lowest BCUT2D eigenvalue weighted by Gasteiger charge is -2.03. The van der Waals surface area contributed by atoms with E-state index in [-0.39, 0.29) is 0 Å². The molecule has 1 fully saturated rings. The maximum absolute atomic E-state index is 9.81. The molecule has 0 aliphatic heterocycles. The van der Waals surface area contributed by atoms with Crippen LogP contribution in [0.15, 0.2) is 22.9 Å². The lowest BCUT2D eigenvalue weighted by molar-refractivity contribution is 0.140. The molecule has 0 saturated heterocycles. The molecule has 94 valence electrons. The number of pyridine rings is 1. The van der Waals surface area contributed by atoms with Crippen molar-refractivity contribution in [2.45, 2.75) is 25.4 Å². The Labute approximate surface area is 109 Å². The second-order valence-electron chi connectivity index (χ2n) is 4.45. The van der Waals surface area contributed by atoms with E-state index >= 15 is 0 Å². The van der Waals surface area contributed by atoms with Crippen LogP contribution in [-0.2, 0) is 6.42 Å². The number of nitrogens with zero attached hydrogens (tertiary/aromatic N) is 3. The Hall–Kier alpha value is -1.46. The first-order valence-electron chi connectivity index (χ1n) is 5.85. The zero-order chi connectivity index (χ0) is 12.5. The van der Waals surface area contributed by atoms with Crippen LogP contribution < -0.4 is 0 Å². The van der Waals surface area contributed by atoms with Gasteiger partial charge in [0.05, 0.1) is 17.5 Å². The zero-order valence-electron chi connectivity index (χ0n) is 9.58. The van der Waals surface area contributed by atoms with Gasteiger partial charge in [0.2, 0.25) is 11.7 Å². The number of halogens is 1. The normalized spacial score (nSPS) is 16.8. The summed E-state index contributed by atoms with van der Waals surface area (Å²) in [5.74, 6) is 1.17. The highest BCUT2D eigenvalue weighted by atomic mass is 35.5. The first kappa shape index (κ1) is 11.6. The second kappa shape index (κ2) is 4.66. The summed E-state index contributed by atoms with van der Waals surface area (Å²) in [6.45, 7) is 0. The monoisotopic (exact) mass is 265 g/mol. The molecule has 0 amide bonds. The fourth-order valence-electron chi connectivity index (χ4n) is 1.81. The fraction of sp³-hybridized carbons (Fsp3) is 0.417. The van der Waals surface area contributed by atoms with Crippen molar-refractivity contribution in [3.05, 3.63) is 29.2 Å². The van der Waals surface area contributed by atoms with Crippen molar-refractivity contribution in [2.75, 3.05) is 0 Å². The maximum Gasteiger partial charge on any atom is 0.229 e. The van der Waals surface area contributed by atoms with Gasteiger partial charge in [-0.15, -0.1) is 0 Å². The average Bonchev–Trinajstić information content (AvgIpc) is 3.12. The predicted molar refractivity (Wildman–Crippen MR) is 65.0 cm³/mol. The summed E-state index contributed by atoms with van der Waals surface area (Å²) >= 11 is 6.00. The molecule has 18 heavy (non-hydrogen) atoms. The van der Waals surface area contributed by atoms with Crippen molar-refractivity contribution >= 4 is 11.6 Å². The maximum atomic E-state index is 9.81. The van der Waals surface area contributed by atoms with Crippen LogP contribution in [0.3, 0.4) is 0 Å². The van der Waals surface area contributed by atoms with Crippen molar-refractivity contribution < 1.29 is 9.63 Å². The molecule has 3 rings (SSSR count). The molecule has 1 aliphatic rings. The third kappa shape index (κ3) is 2.37. The Morgan fingerprint density at radius 3 is 3.06 bits per heavy atom. The molecular weight excluding hydrogens is 254 g/mol. The highest BCUT2D eigenvalue weighted by Crippen LogP contribution is 2.34. The molecule has 2 heterocycles. The van der Waals surface area contributed by atoms with Crippen LogP contribution >= 0.6 is 11.6 Å². The van der Waals surface area contributed by atoms with E-state index in [0.29, 0.717) is 34.8 Å². The van der Waals surface area contributed by atoms with E-state index in [0.717, 1.165) is 12.8 Å². The Kier molecular flexibility index (Phi) is 3.01. The first-order valence-corrected chi connectivity index (χ1v) is 6.23. The molecule has 5 nitrogen and oxygen atoms in total. The molecule has 1 unspecified atom stereocenters. The van der Waals surface area contributed by atoms with Gasteiger partial charge in [0.25, 0.3) is 0 Å². The van der Waals surface area contributed by atoms with Crippen LogP contribution in [0.1, 0.15) is 18.7 Å². The minimum Gasteiger partial charge on any atom is -0.392 e. The van der Waals surface area contributed by atoms with E-state index in [9.17, 15) is 5.11 Å². The molecule has 6 heteroatoms. The van der Waals surface area contributed by atoms with Gasteiger partial charge in [-0.3, -0.25) is 4.98 Å². The SMILES string of the molecule is OC(Cc1nc(-c2ncccc2Cl)no1)C1CC1. The van der Waals surface area contributed by atoms with Crippen LogP contribution in [0.4, 0.5) is 0 Å². The van der Waals surface area contributed by atoms with E-state index in [2.05, 4.69) is 15.1 Å². The molecule has 0 bridgehead atoms. The van der Waals surface area contributed by atoms with Crippen molar-refractivity contribution in [1.82, 2.24) is 15.1 Å². The minimum absolute atomic E-state index is 0.360. The highest BCUT2D eigenvalue weighted by molar-refractivity contribution is 6.32. The van der Waals surface area contributed by atoms with Gasteiger partial charge in [0.15, 0.2) is 0 Å². The minimum atomic E-state index is -0.391. The Balaban J connectivity index is 1.78. The molecule has 2 aromatic heterocycles. The van der Waals surface area contributed by atoms with E-state index in [4.69, 9.17) is 16.1 Å². The van der Waals surface area contributed by atoms with Gasteiger partial charge in [-0.05, 0) is 30.9 Å². The molecule has 1 atom stereocenters. The van der Waals surface area contributed by atoms with Gasteiger partial charge >= 0.3 is 0 Å². The van der Waals surface area contributed by atoms with Crippen LogP contribution in [-0.4, -0.2) is 26.3 Å². The van der Waals surface area contributed by atoms with Crippen molar-refractivity contribution in [2.24, 2.45) is 5.92 Å². The molecule has 0 spiro atoms. The summed E-state index contributed by atoms with van der Waals surface area (Å²) < 4.78 is 5.10. The number of aliphatic hydroxyl groups is 1. The number of aliphatic hydroxyl groups excluding tert-OH is 1. The smallest absolute Gasteiger partial charge is 0.229 e. The summed E-state index contributed by atoms with van der Waals surface area (Å²) in [5.41, 5.74) is 0.495. The second-order valence-corrected chi connectivity index (χ2v) is 4.86. The summed E-state index contributed by atoms with van der Waals surface area (Å²) in [6, 6.07) is 3.46. The lowest BCUT2D eigenvalue weighted by Crippen LogP contribution is -2.12. The fourth-order valence-corrected chi connectivity index (χ4v) is 2.02. The highest BCUT2D eigenvalue weighted by Gasteiger charge is 2.31.